The van der Waals surface area contributed by atoms with Crippen molar-refractivity contribution >= 4 is 17.6 Å². The molecule has 1 atom stereocenters. The van der Waals surface area contributed by atoms with Gasteiger partial charge in [-0.2, -0.15) is 0 Å². The second kappa shape index (κ2) is 9.27. The van der Waals surface area contributed by atoms with Gasteiger partial charge in [0.05, 0.1) is 16.5 Å². The summed E-state index contributed by atoms with van der Waals surface area (Å²) in [5.74, 6) is -1.19. The van der Waals surface area contributed by atoms with Crippen molar-refractivity contribution in [3.63, 3.8) is 0 Å². The van der Waals surface area contributed by atoms with Crippen LogP contribution in [0.1, 0.15) is 28.9 Å². The fourth-order valence-electron chi connectivity index (χ4n) is 2.33. The van der Waals surface area contributed by atoms with Gasteiger partial charge in [-0.05, 0) is 24.6 Å². The number of benzene rings is 2. The minimum absolute atomic E-state index is 0.0579. The van der Waals surface area contributed by atoms with Gasteiger partial charge in [-0.3, -0.25) is 14.9 Å². The van der Waals surface area contributed by atoms with Gasteiger partial charge in [-0.15, -0.1) is 0 Å². The summed E-state index contributed by atoms with van der Waals surface area (Å²) in [4.78, 5) is 34.0. The SMILES string of the molecule is CC(NC(=O)NCCNC(=O)c1ccccc1F)c1cccc([N+](=O)[O-])c1. The molecular formula is C18H19FN4O4. The fourth-order valence-corrected chi connectivity index (χ4v) is 2.33. The average Bonchev–Trinajstić information content (AvgIpc) is 2.65. The van der Waals surface area contributed by atoms with E-state index in [1.165, 1.54) is 30.3 Å². The molecule has 2 rings (SSSR count). The topological polar surface area (TPSA) is 113 Å². The van der Waals surface area contributed by atoms with Crippen LogP contribution in [-0.2, 0) is 0 Å². The van der Waals surface area contributed by atoms with Crippen molar-refractivity contribution in [3.8, 4) is 0 Å². The van der Waals surface area contributed by atoms with Crippen molar-refractivity contribution in [2.24, 2.45) is 0 Å². The Kier molecular flexibility index (Phi) is 6.81. The van der Waals surface area contributed by atoms with Crippen LogP contribution in [0, 0.1) is 15.9 Å². The number of hydrogen-bond donors (Lipinski definition) is 3. The Labute approximate surface area is 154 Å². The number of rotatable bonds is 7. The number of carbonyl (C=O) groups is 2. The van der Waals surface area contributed by atoms with Crippen LogP contribution in [0.3, 0.4) is 0 Å². The van der Waals surface area contributed by atoms with Crippen LogP contribution in [0.5, 0.6) is 0 Å². The molecule has 0 aromatic heterocycles. The molecule has 0 saturated heterocycles. The molecule has 9 heteroatoms. The van der Waals surface area contributed by atoms with E-state index in [9.17, 15) is 24.1 Å². The number of carbonyl (C=O) groups excluding carboxylic acids is 2. The molecule has 142 valence electrons. The number of non-ortho nitro benzene ring substituents is 1. The summed E-state index contributed by atoms with van der Waals surface area (Å²) in [7, 11) is 0. The molecule has 1 unspecified atom stereocenters. The summed E-state index contributed by atoms with van der Waals surface area (Å²) >= 11 is 0. The summed E-state index contributed by atoms with van der Waals surface area (Å²) in [5.41, 5.74) is 0.464. The first-order chi connectivity index (χ1) is 12.9. The molecule has 3 N–H and O–H groups in total. The van der Waals surface area contributed by atoms with E-state index in [2.05, 4.69) is 16.0 Å². The zero-order chi connectivity index (χ0) is 19.8. The van der Waals surface area contributed by atoms with Crippen molar-refractivity contribution in [2.45, 2.75) is 13.0 Å². The van der Waals surface area contributed by atoms with Crippen LogP contribution < -0.4 is 16.0 Å². The molecule has 0 fully saturated rings. The molecule has 0 aliphatic heterocycles. The van der Waals surface area contributed by atoms with Crippen molar-refractivity contribution in [1.82, 2.24) is 16.0 Å². The van der Waals surface area contributed by atoms with Crippen LogP contribution in [0.25, 0.3) is 0 Å². The lowest BCUT2D eigenvalue weighted by atomic mass is 10.1. The summed E-state index contributed by atoms with van der Waals surface area (Å²) in [6.07, 6.45) is 0. The quantitative estimate of drug-likeness (QED) is 0.392. The molecule has 0 heterocycles. The van der Waals surface area contributed by atoms with Gasteiger partial charge in [0.2, 0.25) is 0 Å². The predicted octanol–water partition coefficient (Wildman–Crippen LogP) is 2.52. The van der Waals surface area contributed by atoms with Crippen LogP contribution in [-0.4, -0.2) is 30.0 Å². The lowest BCUT2D eigenvalue weighted by Crippen LogP contribution is -2.41. The van der Waals surface area contributed by atoms with Crippen molar-refractivity contribution in [2.75, 3.05) is 13.1 Å². The van der Waals surface area contributed by atoms with E-state index in [0.29, 0.717) is 5.56 Å². The molecule has 2 aromatic rings. The van der Waals surface area contributed by atoms with E-state index in [0.717, 1.165) is 0 Å². The van der Waals surface area contributed by atoms with Gasteiger partial charge < -0.3 is 16.0 Å². The average molecular weight is 374 g/mol. The van der Waals surface area contributed by atoms with E-state index in [4.69, 9.17) is 0 Å². The van der Waals surface area contributed by atoms with E-state index in [1.54, 1.807) is 25.1 Å². The number of nitrogens with one attached hydrogen (secondary N) is 3. The van der Waals surface area contributed by atoms with Crippen molar-refractivity contribution in [1.29, 1.82) is 0 Å². The highest BCUT2D eigenvalue weighted by Gasteiger charge is 2.13. The summed E-state index contributed by atoms with van der Waals surface area (Å²) < 4.78 is 13.5. The largest absolute Gasteiger partial charge is 0.350 e. The number of hydrogen-bond acceptors (Lipinski definition) is 4. The van der Waals surface area contributed by atoms with Crippen LogP contribution >= 0.6 is 0 Å². The minimum atomic E-state index is -0.619. The summed E-state index contributed by atoms with van der Waals surface area (Å²) in [6, 6.07) is 10.6. The highest BCUT2D eigenvalue weighted by atomic mass is 19.1. The third-order valence-corrected chi connectivity index (χ3v) is 3.74. The van der Waals surface area contributed by atoms with E-state index in [-0.39, 0.29) is 24.3 Å². The van der Waals surface area contributed by atoms with E-state index >= 15 is 0 Å². The fraction of sp³-hybridized carbons (Fsp3) is 0.222. The molecule has 0 aliphatic carbocycles. The van der Waals surface area contributed by atoms with E-state index < -0.39 is 28.7 Å². The van der Waals surface area contributed by atoms with Gasteiger partial charge in [-0.1, -0.05) is 24.3 Å². The normalized spacial score (nSPS) is 11.3. The Morgan fingerprint density at radius 3 is 2.52 bits per heavy atom. The third-order valence-electron chi connectivity index (χ3n) is 3.74. The second-order valence-corrected chi connectivity index (χ2v) is 5.71. The number of nitro benzene ring substituents is 1. The van der Waals surface area contributed by atoms with Crippen LogP contribution in [0.4, 0.5) is 14.9 Å². The van der Waals surface area contributed by atoms with Crippen molar-refractivity contribution < 1.29 is 18.9 Å². The lowest BCUT2D eigenvalue weighted by molar-refractivity contribution is -0.384. The zero-order valence-corrected chi connectivity index (χ0v) is 14.6. The third kappa shape index (κ3) is 5.77. The maximum Gasteiger partial charge on any atom is 0.315 e. The van der Waals surface area contributed by atoms with Gasteiger partial charge in [-0.25, -0.2) is 9.18 Å². The molecule has 27 heavy (non-hydrogen) atoms. The molecule has 0 bridgehead atoms. The van der Waals surface area contributed by atoms with Gasteiger partial charge in [0, 0.05) is 25.2 Å². The van der Waals surface area contributed by atoms with Crippen LogP contribution in [0.15, 0.2) is 48.5 Å². The molecule has 0 radical (unpaired) electrons. The zero-order valence-electron chi connectivity index (χ0n) is 14.6. The molecule has 3 amide bonds. The predicted molar refractivity (Wildman–Crippen MR) is 96.8 cm³/mol. The smallest absolute Gasteiger partial charge is 0.315 e. The Morgan fingerprint density at radius 1 is 1.11 bits per heavy atom. The standard InChI is InChI=1S/C18H19FN4O4/c1-12(13-5-4-6-14(11-13)23(26)27)22-18(25)21-10-9-20-17(24)15-7-2-3-8-16(15)19/h2-8,11-12H,9-10H2,1H3,(H,20,24)(H2,21,22,25). The molecule has 0 spiro atoms. The molecule has 0 saturated carbocycles. The maximum atomic E-state index is 13.5. The first-order valence-corrected chi connectivity index (χ1v) is 8.20. The Morgan fingerprint density at radius 2 is 1.81 bits per heavy atom. The first kappa shape index (κ1) is 19.8. The minimum Gasteiger partial charge on any atom is -0.350 e. The highest BCUT2D eigenvalue weighted by molar-refractivity contribution is 5.94. The van der Waals surface area contributed by atoms with Gasteiger partial charge in [0.1, 0.15) is 5.82 Å². The lowest BCUT2D eigenvalue weighted by Gasteiger charge is -2.15. The second-order valence-electron chi connectivity index (χ2n) is 5.71. The first-order valence-electron chi connectivity index (χ1n) is 8.20. The highest BCUT2D eigenvalue weighted by Crippen LogP contribution is 2.18. The molecule has 0 aliphatic rings. The molecule has 8 nitrogen and oxygen atoms in total. The van der Waals surface area contributed by atoms with Crippen LogP contribution in [0.2, 0.25) is 0 Å². The number of urea groups is 1. The monoisotopic (exact) mass is 374 g/mol. The molecule has 2 aromatic carbocycles. The number of halogens is 1. The maximum absolute atomic E-state index is 13.5. The Hall–Kier alpha value is -3.49. The van der Waals surface area contributed by atoms with Gasteiger partial charge in [0.25, 0.3) is 11.6 Å². The van der Waals surface area contributed by atoms with E-state index in [1.807, 2.05) is 0 Å². The Bertz CT molecular complexity index is 844. The van der Waals surface area contributed by atoms with Crippen molar-refractivity contribution in [3.05, 3.63) is 75.6 Å². The summed E-state index contributed by atoms with van der Waals surface area (Å²) in [5, 5.41) is 18.5. The van der Waals surface area contributed by atoms with Gasteiger partial charge >= 0.3 is 6.03 Å². The van der Waals surface area contributed by atoms with Gasteiger partial charge in [0.15, 0.2) is 0 Å². The number of amides is 3. The Balaban J connectivity index is 1.76. The molecular weight excluding hydrogens is 355 g/mol. The number of nitro groups is 1. The summed E-state index contributed by atoms with van der Waals surface area (Å²) in [6.45, 7) is 1.94. The number of nitrogens with zero attached hydrogens (tertiary/aromatic N) is 1.